The molecular formula is C21H20F2N2O2. The molecule has 2 amide bonds. The molecule has 6 heteroatoms. The second kappa shape index (κ2) is 6.76. The zero-order chi connectivity index (χ0) is 19.1. The Morgan fingerprint density at radius 2 is 1.59 bits per heavy atom. The quantitative estimate of drug-likeness (QED) is 0.897. The summed E-state index contributed by atoms with van der Waals surface area (Å²) < 4.78 is 27.6. The number of benzene rings is 2. The monoisotopic (exact) mass is 370 g/mol. The Morgan fingerprint density at radius 3 is 2.15 bits per heavy atom. The Kier molecular flexibility index (Phi) is 4.42. The van der Waals surface area contributed by atoms with Gasteiger partial charge < -0.3 is 10.6 Å². The fourth-order valence-corrected chi connectivity index (χ4v) is 4.50. The fraction of sp³-hybridized carbons (Fsp3) is 0.333. The smallest absolute Gasteiger partial charge is 0.257 e. The number of piperidine rings is 1. The van der Waals surface area contributed by atoms with Crippen LogP contribution in [-0.2, 0) is 0 Å². The van der Waals surface area contributed by atoms with Crippen LogP contribution in [0.1, 0.15) is 57.9 Å². The molecule has 0 radical (unpaired) electrons. The molecule has 0 unspecified atom stereocenters. The summed E-state index contributed by atoms with van der Waals surface area (Å²) in [7, 11) is 0. The first-order valence-corrected chi connectivity index (χ1v) is 9.11. The molecule has 140 valence electrons. The summed E-state index contributed by atoms with van der Waals surface area (Å²) in [6.45, 7) is 0. The van der Waals surface area contributed by atoms with Gasteiger partial charge in [0, 0.05) is 17.6 Å². The highest BCUT2D eigenvalue weighted by Gasteiger charge is 2.44. The molecule has 0 aliphatic carbocycles. The Balaban J connectivity index is 1.55. The summed E-state index contributed by atoms with van der Waals surface area (Å²) in [5.41, 5.74) is 6.26. The van der Waals surface area contributed by atoms with Gasteiger partial charge in [0.15, 0.2) is 0 Å². The standard InChI is InChI=1S/C21H20F2N2O2/c22-15-4-1-12(2-5-15)14-9-16-6-7-17(10-14)25(16)21(27)18-8-3-13(20(24)26)11-19(18)23/h1-5,8,11,14,16-17H,6-7,9-10H2,(H2,24,26)/t14-,16+,17-. The molecular weight excluding hydrogens is 350 g/mol. The third-order valence-corrected chi connectivity index (χ3v) is 5.79. The molecule has 2 aromatic rings. The lowest BCUT2D eigenvalue weighted by molar-refractivity contribution is 0.0566. The molecule has 2 N–H and O–H groups in total. The molecule has 2 bridgehead atoms. The number of carbonyl (C=O) groups excluding carboxylic acids is 2. The van der Waals surface area contributed by atoms with Crippen molar-refractivity contribution in [3.8, 4) is 0 Å². The maximum atomic E-state index is 14.4. The Labute approximate surface area is 156 Å². The van der Waals surface area contributed by atoms with E-state index in [-0.39, 0.29) is 40.9 Å². The molecule has 3 atom stereocenters. The van der Waals surface area contributed by atoms with Crippen LogP contribution in [0.5, 0.6) is 0 Å². The van der Waals surface area contributed by atoms with E-state index in [1.807, 2.05) is 0 Å². The first-order valence-electron chi connectivity index (χ1n) is 9.11. The predicted molar refractivity (Wildman–Crippen MR) is 96.3 cm³/mol. The van der Waals surface area contributed by atoms with E-state index < -0.39 is 11.7 Å². The van der Waals surface area contributed by atoms with Crippen molar-refractivity contribution in [1.29, 1.82) is 0 Å². The van der Waals surface area contributed by atoms with Gasteiger partial charge in [-0.15, -0.1) is 0 Å². The maximum absolute atomic E-state index is 14.4. The van der Waals surface area contributed by atoms with E-state index in [1.165, 1.54) is 24.3 Å². The molecule has 2 heterocycles. The van der Waals surface area contributed by atoms with Crippen molar-refractivity contribution < 1.29 is 18.4 Å². The summed E-state index contributed by atoms with van der Waals surface area (Å²) in [6.07, 6.45) is 3.34. The van der Waals surface area contributed by atoms with Crippen molar-refractivity contribution in [2.45, 2.75) is 43.7 Å². The third-order valence-electron chi connectivity index (χ3n) is 5.79. The van der Waals surface area contributed by atoms with Gasteiger partial charge in [-0.3, -0.25) is 9.59 Å². The molecule has 2 fully saturated rings. The number of halogens is 2. The summed E-state index contributed by atoms with van der Waals surface area (Å²) in [5, 5.41) is 0. The van der Waals surface area contributed by atoms with Gasteiger partial charge in [-0.1, -0.05) is 12.1 Å². The lowest BCUT2D eigenvalue weighted by Crippen LogP contribution is -2.46. The SMILES string of the molecule is NC(=O)c1ccc(C(=O)N2[C@@H]3CC[C@H]2C[C@@H](c2ccc(F)cc2)C3)c(F)c1. The first kappa shape index (κ1) is 17.6. The fourth-order valence-electron chi connectivity index (χ4n) is 4.50. The second-order valence-corrected chi connectivity index (χ2v) is 7.38. The van der Waals surface area contributed by atoms with Gasteiger partial charge in [-0.05, 0) is 67.5 Å². The van der Waals surface area contributed by atoms with Crippen LogP contribution in [0.15, 0.2) is 42.5 Å². The van der Waals surface area contributed by atoms with Crippen molar-refractivity contribution in [2.75, 3.05) is 0 Å². The average molecular weight is 370 g/mol. The molecule has 2 aliphatic heterocycles. The summed E-state index contributed by atoms with van der Waals surface area (Å²) in [4.78, 5) is 25.9. The molecule has 2 aliphatic rings. The van der Waals surface area contributed by atoms with Crippen LogP contribution in [0.4, 0.5) is 8.78 Å². The van der Waals surface area contributed by atoms with Crippen molar-refractivity contribution in [2.24, 2.45) is 5.73 Å². The number of primary amides is 1. The van der Waals surface area contributed by atoms with Crippen LogP contribution in [0.3, 0.4) is 0 Å². The predicted octanol–water partition coefficient (Wildman–Crippen LogP) is 3.61. The molecule has 4 rings (SSSR count). The lowest BCUT2D eigenvalue weighted by atomic mass is 9.84. The number of hydrogen-bond acceptors (Lipinski definition) is 2. The summed E-state index contributed by atoms with van der Waals surface area (Å²) in [6, 6.07) is 10.4. The van der Waals surface area contributed by atoms with Crippen LogP contribution in [0.25, 0.3) is 0 Å². The zero-order valence-electron chi connectivity index (χ0n) is 14.7. The molecule has 2 aromatic carbocycles. The lowest BCUT2D eigenvalue weighted by Gasteiger charge is -2.39. The highest BCUT2D eigenvalue weighted by atomic mass is 19.1. The molecule has 0 aromatic heterocycles. The van der Waals surface area contributed by atoms with Crippen molar-refractivity contribution in [1.82, 2.24) is 4.90 Å². The number of nitrogens with zero attached hydrogens (tertiary/aromatic N) is 1. The molecule has 2 saturated heterocycles. The van der Waals surface area contributed by atoms with E-state index >= 15 is 0 Å². The van der Waals surface area contributed by atoms with Gasteiger partial charge in [0.2, 0.25) is 5.91 Å². The van der Waals surface area contributed by atoms with E-state index in [9.17, 15) is 18.4 Å². The third kappa shape index (κ3) is 3.20. The van der Waals surface area contributed by atoms with Crippen LogP contribution in [-0.4, -0.2) is 28.8 Å². The maximum Gasteiger partial charge on any atom is 0.257 e. The first-order chi connectivity index (χ1) is 12.9. The molecule has 27 heavy (non-hydrogen) atoms. The van der Waals surface area contributed by atoms with Crippen molar-refractivity contribution in [3.05, 3.63) is 70.8 Å². The van der Waals surface area contributed by atoms with Crippen molar-refractivity contribution >= 4 is 11.8 Å². The van der Waals surface area contributed by atoms with E-state index in [0.29, 0.717) is 0 Å². The number of amides is 2. The summed E-state index contributed by atoms with van der Waals surface area (Å²) >= 11 is 0. The largest absolute Gasteiger partial charge is 0.366 e. The van der Waals surface area contributed by atoms with Crippen LogP contribution >= 0.6 is 0 Å². The summed E-state index contributed by atoms with van der Waals surface area (Å²) in [5.74, 6) is -1.78. The number of hydrogen-bond donors (Lipinski definition) is 1. The average Bonchev–Trinajstić information content (AvgIpc) is 2.91. The van der Waals surface area contributed by atoms with Gasteiger partial charge >= 0.3 is 0 Å². The number of rotatable bonds is 3. The minimum atomic E-state index is -0.729. The Hall–Kier alpha value is -2.76. The Morgan fingerprint density at radius 1 is 0.963 bits per heavy atom. The minimum Gasteiger partial charge on any atom is -0.366 e. The highest BCUT2D eigenvalue weighted by molar-refractivity contribution is 5.98. The van der Waals surface area contributed by atoms with E-state index in [0.717, 1.165) is 37.3 Å². The second-order valence-electron chi connectivity index (χ2n) is 7.38. The van der Waals surface area contributed by atoms with Gasteiger partial charge in [-0.2, -0.15) is 0 Å². The molecule has 0 saturated carbocycles. The van der Waals surface area contributed by atoms with E-state index in [4.69, 9.17) is 5.73 Å². The topological polar surface area (TPSA) is 63.4 Å². The normalized spacial score (nSPS) is 24.1. The van der Waals surface area contributed by atoms with Crippen LogP contribution in [0, 0.1) is 11.6 Å². The van der Waals surface area contributed by atoms with Gasteiger partial charge in [0.1, 0.15) is 11.6 Å². The number of carbonyl (C=O) groups is 2. The van der Waals surface area contributed by atoms with Gasteiger partial charge in [-0.25, -0.2) is 8.78 Å². The molecule has 4 nitrogen and oxygen atoms in total. The van der Waals surface area contributed by atoms with Gasteiger partial charge in [0.05, 0.1) is 5.56 Å². The van der Waals surface area contributed by atoms with Crippen LogP contribution in [0.2, 0.25) is 0 Å². The van der Waals surface area contributed by atoms with Gasteiger partial charge in [0.25, 0.3) is 5.91 Å². The zero-order valence-corrected chi connectivity index (χ0v) is 14.7. The molecule has 0 spiro atoms. The number of nitrogens with two attached hydrogens (primary N) is 1. The van der Waals surface area contributed by atoms with E-state index in [1.54, 1.807) is 17.0 Å². The van der Waals surface area contributed by atoms with E-state index in [2.05, 4.69) is 0 Å². The van der Waals surface area contributed by atoms with Crippen LogP contribution < -0.4 is 5.73 Å². The van der Waals surface area contributed by atoms with Crippen molar-refractivity contribution in [3.63, 3.8) is 0 Å². The highest BCUT2D eigenvalue weighted by Crippen LogP contribution is 2.43. The minimum absolute atomic E-state index is 0.0304. The Bertz CT molecular complexity index is 884. The number of fused-ring (bicyclic) bond motifs is 2.